The third-order valence-corrected chi connectivity index (χ3v) is 6.48. The van der Waals surface area contributed by atoms with Gasteiger partial charge in [0.1, 0.15) is 41.0 Å². The number of hydrogen-bond acceptors (Lipinski definition) is 6. The Morgan fingerprint density at radius 3 is 2.39 bits per heavy atom. The Balaban J connectivity index is 1.58. The molecule has 0 atom stereocenters. The van der Waals surface area contributed by atoms with Gasteiger partial charge in [-0.3, -0.25) is 9.59 Å². The van der Waals surface area contributed by atoms with Crippen LogP contribution in [0.5, 0.6) is 5.75 Å². The molecule has 5 rings (SSSR count). The van der Waals surface area contributed by atoms with E-state index in [-0.39, 0.29) is 30.2 Å². The van der Waals surface area contributed by atoms with Gasteiger partial charge < -0.3 is 24.3 Å². The van der Waals surface area contributed by atoms with E-state index in [2.05, 4.69) is 15.8 Å². The fourth-order valence-electron chi connectivity index (χ4n) is 4.45. The van der Waals surface area contributed by atoms with Crippen LogP contribution in [0.25, 0.3) is 33.4 Å². The van der Waals surface area contributed by atoms with Crippen LogP contribution in [0.2, 0.25) is 0 Å². The van der Waals surface area contributed by atoms with E-state index in [9.17, 15) is 14.0 Å². The number of carbonyl (C=O) groups excluding carboxylic acids is 2. The summed E-state index contributed by atoms with van der Waals surface area (Å²) in [5.74, 6) is 0.823. The van der Waals surface area contributed by atoms with Crippen molar-refractivity contribution >= 4 is 22.8 Å². The number of ether oxygens (including phenoxy) is 1. The molecule has 2 aromatic heterocycles. The fraction of sp³-hybridized carbons (Fsp3) is 0.219. The average Bonchev–Trinajstić information content (AvgIpc) is 3.57. The molecular weight excluding hydrogens is 525 g/mol. The van der Waals surface area contributed by atoms with Gasteiger partial charge in [0.25, 0.3) is 11.8 Å². The van der Waals surface area contributed by atoms with E-state index < -0.39 is 0 Å². The Kier molecular flexibility index (Phi) is 7.87. The summed E-state index contributed by atoms with van der Waals surface area (Å²) in [6, 6.07) is 18.3. The van der Waals surface area contributed by atoms with Crippen molar-refractivity contribution in [3.8, 4) is 28.2 Å². The Morgan fingerprint density at radius 2 is 1.71 bits per heavy atom. The van der Waals surface area contributed by atoms with E-state index in [1.54, 1.807) is 50.4 Å². The lowest BCUT2D eigenvalue weighted by Crippen LogP contribution is -2.27. The van der Waals surface area contributed by atoms with E-state index >= 15 is 0 Å². The largest absolute Gasteiger partial charge is 0.487 e. The number of hydrogen-bond donors (Lipinski definition) is 2. The summed E-state index contributed by atoms with van der Waals surface area (Å²) in [6.07, 6.45) is 0. The van der Waals surface area contributed by atoms with Crippen LogP contribution < -0.4 is 15.4 Å². The predicted octanol–water partition coefficient (Wildman–Crippen LogP) is 6.53. The Hall–Kier alpha value is -4.92. The van der Waals surface area contributed by atoms with Crippen LogP contribution in [0.15, 0.2) is 75.7 Å². The first kappa shape index (κ1) is 27.6. The second kappa shape index (κ2) is 11.7. The van der Waals surface area contributed by atoms with Crippen molar-refractivity contribution in [3.05, 3.63) is 95.1 Å². The zero-order valence-electron chi connectivity index (χ0n) is 23.2. The molecule has 0 saturated heterocycles. The van der Waals surface area contributed by atoms with Crippen molar-refractivity contribution in [1.82, 2.24) is 15.8 Å². The summed E-state index contributed by atoms with van der Waals surface area (Å²) in [6.45, 7) is 6.54. The number of fused-ring (bicyclic) bond motifs is 1. The normalized spacial score (nSPS) is 11.2. The molecule has 0 radical (unpaired) electrons. The minimum atomic E-state index is -0.386. The molecule has 9 heteroatoms. The van der Waals surface area contributed by atoms with Crippen molar-refractivity contribution in [3.63, 3.8) is 0 Å². The second-order valence-electron chi connectivity index (χ2n) is 10.2. The lowest BCUT2D eigenvalue weighted by molar-refractivity contribution is 0.0945. The SMILES string of the molecule is CNC(=O)c1c(-c2ccc(F)cc2)oc2ccc(-c3cc(OCc4cc(C)on4)cc(C(=O)NCC(C)C)c3)cc12. The van der Waals surface area contributed by atoms with Gasteiger partial charge in [-0.15, -0.1) is 0 Å². The molecule has 2 heterocycles. The molecule has 0 aliphatic heterocycles. The minimum absolute atomic E-state index is 0.163. The molecule has 0 saturated carbocycles. The van der Waals surface area contributed by atoms with Crippen molar-refractivity contribution in [1.29, 1.82) is 0 Å². The summed E-state index contributed by atoms with van der Waals surface area (Å²) in [4.78, 5) is 26.1. The quantitative estimate of drug-likeness (QED) is 0.214. The first-order valence-electron chi connectivity index (χ1n) is 13.2. The first-order chi connectivity index (χ1) is 19.7. The van der Waals surface area contributed by atoms with Crippen LogP contribution in [0, 0.1) is 18.7 Å². The highest BCUT2D eigenvalue weighted by molar-refractivity contribution is 6.12. The van der Waals surface area contributed by atoms with Gasteiger partial charge in [0.2, 0.25) is 0 Å². The van der Waals surface area contributed by atoms with E-state index in [0.29, 0.717) is 62.7 Å². The summed E-state index contributed by atoms with van der Waals surface area (Å²) < 4.78 is 30.8. The number of halogens is 1. The van der Waals surface area contributed by atoms with Crippen LogP contribution in [-0.4, -0.2) is 30.6 Å². The van der Waals surface area contributed by atoms with Crippen LogP contribution in [0.1, 0.15) is 46.0 Å². The van der Waals surface area contributed by atoms with Crippen LogP contribution in [-0.2, 0) is 6.61 Å². The molecule has 3 aromatic carbocycles. The molecule has 8 nitrogen and oxygen atoms in total. The van der Waals surface area contributed by atoms with Gasteiger partial charge >= 0.3 is 0 Å². The fourth-order valence-corrected chi connectivity index (χ4v) is 4.45. The predicted molar refractivity (Wildman–Crippen MR) is 153 cm³/mol. The van der Waals surface area contributed by atoms with Crippen molar-refractivity contribution in [2.24, 2.45) is 5.92 Å². The number of nitrogens with zero attached hydrogens (tertiary/aromatic N) is 1. The maximum atomic E-state index is 13.6. The molecule has 210 valence electrons. The third kappa shape index (κ3) is 6.14. The molecule has 0 aliphatic rings. The molecule has 0 spiro atoms. The number of benzene rings is 3. The first-order valence-corrected chi connectivity index (χ1v) is 13.2. The van der Waals surface area contributed by atoms with E-state index in [4.69, 9.17) is 13.7 Å². The highest BCUT2D eigenvalue weighted by atomic mass is 19.1. The minimum Gasteiger partial charge on any atom is -0.487 e. The van der Waals surface area contributed by atoms with Crippen LogP contribution in [0.4, 0.5) is 4.39 Å². The number of furan rings is 1. The molecule has 0 bridgehead atoms. The molecular formula is C32H30FN3O5. The number of nitrogens with one attached hydrogen (secondary N) is 2. The number of carbonyl (C=O) groups is 2. The Bertz CT molecular complexity index is 1720. The molecule has 5 aromatic rings. The van der Waals surface area contributed by atoms with Gasteiger partial charge in [-0.05, 0) is 78.6 Å². The van der Waals surface area contributed by atoms with Gasteiger partial charge in [-0.2, -0.15) is 0 Å². The molecule has 0 fully saturated rings. The number of aromatic nitrogens is 1. The van der Waals surface area contributed by atoms with Crippen LogP contribution >= 0.6 is 0 Å². The number of rotatable bonds is 9. The van der Waals surface area contributed by atoms with Crippen molar-refractivity contribution in [2.75, 3.05) is 13.6 Å². The van der Waals surface area contributed by atoms with Gasteiger partial charge in [-0.1, -0.05) is 25.1 Å². The van der Waals surface area contributed by atoms with Gasteiger partial charge in [0, 0.05) is 36.2 Å². The summed E-state index contributed by atoms with van der Waals surface area (Å²) in [7, 11) is 1.54. The highest BCUT2D eigenvalue weighted by Crippen LogP contribution is 2.37. The molecule has 2 N–H and O–H groups in total. The highest BCUT2D eigenvalue weighted by Gasteiger charge is 2.22. The molecule has 0 unspecified atom stereocenters. The second-order valence-corrected chi connectivity index (χ2v) is 10.2. The third-order valence-electron chi connectivity index (χ3n) is 6.48. The zero-order chi connectivity index (χ0) is 29.1. The molecule has 2 amide bonds. The lowest BCUT2D eigenvalue weighted by Gasteiger charge is -2.12. The average molecular weight is 556 g/mol. The van der Waals surface area contributed by atoms with Crippen molar-refractivity contribution in [2.45, 2.75) is 27.4 Å². The Morgan fingerprint density at radius 1 is 0.951 bits per heavy atom. The monoisotopic (exact) mass is 555 g/mol. The maximum absolute atomic E-state index is 13.6. The van der Waals surface area contributed by atoms with E-state index in [0.717, 1.165) is 5.56 Å². The smallest absolute Gasteiger partial charge is 0.255 e. The van der Waals surface area contributed by atoms with E-state index in [1.807, 2.05) is 32.0 Å². The Labute approximate surface area is 236 Å². The summed E-state index contributed by atoms with van der Waals surface area (Å²) in [5.41, 5.74) is 3.92. The maximum Gasteiger partial charge on any atom is 0.255 e. The summed E-state index contributed by atoms with van der Waals surface area (Å²) in [5, 5.41) is 10.2. The number of amides is 2. The standard InChI is InChI=1S/C32H30FN3O5/c1-18(2)16-35-31(37)23-12-22(13-26(14-23)39-17-25-11-19(3)41-36-25)21-7-10-28-27(15-21)29(32(38)34-4)30(40-28)20-5-8-24(33)9-6-20/h5-15,18H,16-17H2,1-4H3,(H,34,38)(H,35,37). The van der Waals surface area contributed by atoms with E-state index in [1.165, 1.54) is 12.1 Å². The zero-order valence-corrected chi connectivity index (χ0v) is 23.2. The van der Waals surface area contributed by atoms with Crippen molar-refractivity contribution < 1.29 is 27.7 Å². The lowest BCUT2D eigenvalue weighted by atomic mass is 9.98. The summed E-state index contributed by atoms with van der Waals surface area (Å²) >= 11 is 0. The van der Waals surface area contributed by atoms with Crippen LogP contribution in [0.3, 0.4) is 0 Å². The topological polar surface area (TPSA) is 107 Å². The molecule has 0 aliphatic carbocycles. The van der Waals surface area contributed by atoms with Gasteiger partial charge in [0.05, 0.1) is 5.56 Å². The van der Waals surface area contributed by atoms with Gasteiger partial charge in [-0.25, -0.2) is 4.39 Å². The molecule has 41 heavy (non-hydrogen) atoms. The van der Waals surface area contributed by atoms with Gasteiger partial charge in [0.15, 0.2) is 0 Å². The number of aryl methyl sites for hydroxylation is 1.